The number of para-hydroxylation sites is 1. The molecule has 1 unspecified atom stereocenters. The lowest BCUT2D eigenvalue weighted by atomic mass is 9.92. The van der Waals surface area contributed by atoms with Crippen molar-refractivity contribution in [2.75, 3.05) is 6.61 Å². The Morgan fingerprint density at radius 2 is 2.16 bits per heavy atom. The molecule has 0 bridgehead atoms. The summed E-state index contributed by atoms with van der Waals surface area (Å²) in [6, 6.07) is 10.0. The fraction of sp³-hybridized carbons (Fsp3) is 0.333. The first-order chi connectivity index (χ1) is 9.28. The van der Waals surface area contributed by atoms with Gasteiger partial charge in [0, 0.05) is 11.3 Å². The van der Waals surface area contributed by atoms with Crippen molar-refractivity contribution in [1.29, 1.82) is 0 Å². The topological polar surface area (TPSA) is 35.0 Å². The Bertz CT molecular complexity index is 600. The number of benzene rings is 1. The van der Waals surface area contributed by atoms with E-state index in [0.717, 1.165) is 29.4 Å². The molecule has 0 spiro atoms. The second kappa shape index (κ2) is 5.17. The van der Waals surface area contributed by atoms with Crippen molar-refractivity contribution in [3.05, 3.63) is 53.1 Å². The highest BCUT2D eigenvalue weighted by molar-refractivity contribution is 6.16. The van der Waals surface area contributed by atoms with Gasteiger partial charge in [-0.25, -0.2) is 9.97 Å². The minimum atomic E-state index is 0.201. The molecule has 3 nitrogen and oxygen atoms in total. The van der Waals surface area contributed by atoms with Crippen LogP contribution in [-0.4, -0.2) is 16.6 Å². The molecule has 1 aliphatic heterocycles. The monoisotopic (exact) mass is 274 g/mol. The summed E-state index contributed by atoms with van der Waals surface area (Å²) in [4.78, 5) is 9.16. The lowest BCUT2D eigenvalue weighted by molar-refractivity contribution is 0.274. The predicted octanol–water partition coefficient (Wildman–Crippen LogP) is 3.44. The van der Waals surface area contributed by atoms with Crippen molar-refractivity contribution in [3.63, 3.8) is 0 Å². The summed E-state index contributed by atoms with van der Waals surface area (Å²) in [5.74, 6) is 2.41. The molecule has 2 aromatic rings. The number of halogens is 1. The van der Waals surface area contributed by atoms with E-state index in [1.807, 2.05) is 31.2 Å². The van der Waals surface area contributed by atoms with Gasteiger partial charge >= 0.3 is 0 Å². The maximum atomic E-state index is 5.90. The largest absolute Gasteiger partial charge is 0.493 e. The van der Waals surface area contributed by atoms with Gasteiger partial charge in [0.2, 0.25) is 0 Å². The van der Waals surface area contributed by atoms with E-state index in [0.29, 0.717) is 12.5 Å². The Labute approximate surface area is 117 Å². The molecule has 0 amide bonds. The Morgan fingerprint density at radius 3 is 3.00 bits per heavy atom. The average Bonchev–Trinajstić information content (AvgIpc) is 2.46. The molecule has 1 aromatic carbocycles. The summed E-state index contributed by atoms with van der Waals surface area (Å²) in [6.07, 6.45) is 0.905. The molecule has 3 rings (SSSR count). The maximum absolute atomic E-state index is 5.90. The van der Waals surface area contributed by atoms with E-state index in [4.69, 9.17) is 16.3 Å². The van der Waals surface area contributed by atoms with Crippen LogP contribution in [0.5, 0.6) is 5.75 Å². The molecule has 0 aliphatic carbocycles. The minimum Gasteiger partial charge on any atom is -0.493 e. The van der Waals surface area contributed by atoms with Crippen LogP contribution in [0.2, 0.25) is 0 Å². The van der Waals surface area contributed by atoms with E-state index < -0.39 is 0 Å². The van der Waals surface area contributed by atoms with Crippen LogP contribution in [0.25, 0.3) is 0 Å². The molecule has 1 aliphatic rings. The van der Waals surface area contributed by atoms with E-state index in [9.17, 15) is 0 Å². The smallest absolute Gasteiger partial charge is 0.136 e. The van der Waals surface area contributed by atoms with Crippen molar-refractivity contribution in [1.82, 2.24) is 9.97 Å². The van der Waals surface area contributed by atoms with Gasteiger partial charge < -0.3 is 4.74 Å². The van der Waals surface area contributed by atoms with E-state index >= 15 is 0 Å². The van der Waals surface area contributed by atoms with Crippen molar-refractivity contribution in [3.8, 4) is 5.75 Å². The fourth-order valence-electron chi connectivity index (χ4n) is 2.49. The molecular weight excluding hydrogens is 260 g/mol. The maximum Gasteiger partial charge on any atom is 0.136 e. The molecular formula is C15H15ClN2O. The standard InChI is InChI=1S/C15H15ClN2O/c1-10-8-11(9-16)18-15(17-10)13-6-7-19-14-5-3-2-4-12(13)14/h2-5,8,13H,6-7,9H2,1H3. The number of rotatable bonds is 2. The summed E-state index contributed by atoms with van der Waals surface area (Å²) >= 11 is 5.90. The van der Waals surface area contributed by atoms with Gasteiger partial charge in [-0.05, 0) is 25.5 Å². The Kier molecular flexibility index (Phi) is 3.38. The van der Waals surface area contributed by atoms with Gasteiger partial charge in [-0.15, -0.1) is 11.6 Å². The van der Waals surface area contributed by atoms with Crippen molar-refractivity contribution >= 4 is 11.6 Å². The molecule has 0 saturated heterocycles. The van der Waals surface area contributed by atoms with Crippen LogP contribution in [0.4, 0.5) is 0 Å². The van der Waals surface area contributed by atoms with E-state index in [-0.39, 0.29) is 5.92 Å². The van der Waals surface area contributed by atoms with Crippen LogP contribution >= 0.6 is 11.6 Å². The Morgan fingerprint density at radius 1 is 1.32 bits per heavy atom. The van der Waals surface area contributed by atoms with Crippen molar-refractivity contribution < 1.29 is 4.74 Å². The predicted molar refractivity (Wildman–Crippen MR) is 74.7 cm³/mol. The zero-order valence-corrected chi connectivity index (χ0v) is 11.5. The molecule has 0 radical (unpaired) electrons. The Balaban J connectivity index is 2.06. The van der Waals surface area contributed by atoms with Gasteiger partial charge in [0.25, 0.3) is 0 Å². The van der Waals surface area contributed by atoms with Gasteiger partial charge in [-0.2, -0.15) is 0 Å². The molecule has 98 valence electrons. The number of hydrogen-bond donors (Lipinski definition) is 0. The minimum absolute atomic E-state index is 0.201. The second-order valence-corrected chi connectivity index (χ2v) is 4.99. The summed E-state index contributed by atoms with van der Waals surface area (Å²) in [7, 11) is 0. The first-order valence-electron chi connectivity index (χ1n) is 6.40. The van der Waals surface area contributed by atoms with Crippen LogP contribution in [0.3, 0.4) is 0 Å². The Hall–Kier alpha value is -1.61. The molecule has 4 heteroatoms. The van der Waals surface area contributed by atoms with Crippen molar-refractivity contribution in [2.24, 2.45) is 0 Å². The third kappa shape index (κ3) is 2.43. The highest BCUT2D eigenvalue weighted by Crippen LogP contribution is 2.36. The molecule has 2 heterocycles. The molecule has 1 aromatic heterocycles. The number of aromatic nitrogens is 2. The third-order valence-corrected chi connectivity index (χ3v) is 3.61. The van der Waals surface area contributed by atoms with Crippen LogP contribution in [0.15, 0.2) is 30.3 Å². The van der Waals surface area contributed by atoms with Gasteiger partial charge in [-0.1, -0.05) is 18.2 Å². The van der Waals surface area contributed by atoms with Crippen molar-refractivity contribution in [2.45, 2.75) is 25.1 Å². The average molecular weight is 275 g/mol. The highest BCUT2D eigenvalue weighted by atomic mass is 35.5. The quantitative estimate of drug-likeness (QED) is 0.787. The lowest BCUT2D eigenvalue weighted by Crippen LogP contribution is -2.18. The molecule has 19 heavy (non-hydrogen) atoms. The van der Waals surface area contributed by atoms with Crippen LogP contribution < -0.4 is 4.74 Å². The molecule has 1 atom stereocenters. The molecule has 0 saturated carbocycles. The van der Waals surface area contributed by atoms with Crippen LogP contribution in [0, 0.1) is 6.92 Å². The molecule has 0 fully saturated rings. The molecule has 0 N–H and O–H groups in total. The number of ether oxygens (including phenoxy) is 1. The fourth-order valence-corrected chi connectivity index (χ4v) is 2.63. The van der Waals surface area contributed by atoms with Gasteiger partial charge in [0.05, 0.1) is 24.1 Å². The highest BCUT2D eigenvalue weighted by Gasteiger charge is 2.25. The van der Waals surface area contributed by atoms with Gasteiger partial charge in [-0.3, -0.25) is 0 Å². The summed E-state index contributed by atoms with van der Waals surface area (Å²) in [6.45, 7) is 2.68. The number of fused-ring (bicyclic) bond motifs is 1. The summed E-state index contributed by atoms with van der Waals surface area (Å²) in [5, 5.41) is 0. The number of alkyl halides is 1. The number of hydrogen-bond acceptors (Lipinski definition) is 3. The van der Waals surface area contributed by atoms with Gasteiger partial charge in [0.15, 0.2) is 0 Å². The van der Waals surface area contributed by atoms with Crippen LogP contribution in [0.1, 0.15) is 35.1 Å². The zero-order chi connectivity index (χ0) is 13.2. The first kappa shape index (κ1) is 12.4. The second-order valence-electron chi connectivity index (χ2n) is 4.72. The zero-order valence-electron chi connectivity index (χ0n) is 10.8. The normalized spacial score (nSPS) is 17.7. The van der Waals surface area contributed by atoms with E-state index in [1.165, 1.54) is 5.56 Å². The summed E-state index contributed by atoms with van der Waals surface area (Å²) < 4.78 is 5.68. The van der Waals surface area contributed by atoms with Crippen LogP contribution in [-0.2, 0) is 5.88 Å². The van der Waals surface area contributed by atoms with E-state index in [2.05, 4.69) is 16.0 Å². The summed E-state index contributed by atoms with van der Waals surface area (Å²) in [5.41, 5.74) is 3.01. The lowest BCUT2D eigenvalue weighted by Gasteiger charge is -2.25. The SMILES string of the molecule is Cc1cc(CCl)nc(C2CCOc3ccccc32)n1. The number of aryl methyl sites for hydroxylation is 1. The third-order valence-electron chi connectivity index (χ3n) is 3.33. The van der Waals surface area contributed by atoms with E-state index in [1.54, 1.807) is 0 Å². The first-order valence-corrected chi connectivity index (χ1v) is 6.93. The van der Waals surface area contributed by atoms with Gasteiger partial charge in [0.1, 0.15) is 11.6 Å². The number of nitrogens with zero attached hydrogens (tertiary/aromatic N) is 2.